The molecule has 2 aromatic rings. The van der Waals surface area contributed by atoms with Gasteiger partial charge in [-0.05, 0) is 36.1 Å². The molecule has 0 amide bonds. The topological polar surface area (TPSA) is 80.3 Å². The average molecular weight is 432 g/mol. The van der Waals surface area contributed by atoms with Crippen molar-refractivity contribution in [3.05, 3.63) is 41.5 Å². The molecule has 8 heteroatoms. The SMILES string of the molecule is COc1ccc(-c2ccc3c(c2)COC3=O)c(OCCOC(=O)CCSC)c1OC. The Morgan fingerprint density at radius 2 is 1.87 bits per heavy atom. The lowest BCUT2D eigenvalue weighted by Crippen LogP contribution is -2.13. The van der Waals surface area contributed by atoms with Gasteiger partial charge in [0.15, 0.2) is 11.5 Å². The number of carbonyl (C=O) groups excluding carboxylic acids is 2. The van der Waals surface area contributed by atoms with E-state index in [-0.39, 0.29) is 31.8 Å². The van der Waals surface area contributed by atoms with Crippen molar-refractivity contribution in [1.82, 2.24) is 0 Å². The van der Waals surface area contributed by atoms with Crippen LogP contribution in [0.2, 0.25) is 0 Å². The standard InChI is InChI=1S/C22H24O7S/c1-25-18-7-6-16(14-4-5-17-15(12-14)13-29-22(17)24)20(21(18)26-2)28-10-9-27-19(23)8-11-30-3/h4-7,12H,8-11,13H2,1-3H3. The Kier molecular flexibility index (Phi) is 7.46. The summed E-state index contributed by atoms with van der Waals surface area (Å²) < 4.78 is 27.2. The van der Waals surface area contributed by atoms with E-state index in [9.17, 15) is 9.59 Å². The van der Waals surface area contributed by atoms with E-state index in [0.29, 0.717) is 29.2 Å². The monoisotopic (exact) mass is 432 g/mol. The Balaban J connectivity index is 1.83. The molecule has 160 valence electrons. The van der Waals surface area contributed by atoms with E-state index in [1.54, 1.807) is 31.0 Å². The number of carbonyl (C=O) groups is 2. The second-order valence-corrected chi connectivity index (χ2v) is 7.42. The molecular formula is C22H24O7S. The van der Waals surface area contributed by atoms with Crippen LogP contribution < -0.4 is 14.2 Å². The summed E-state index contributed by atoms with van der Waals surface area (Å²) in [5, 5.41) is 0. The van der Waals surface area contributed by atoms with E-state index in [1.807, 2.05) is 24.5 Å². The lowest BCUT2D eigenvalue weighted by molar-refractivity contribution is -0.143. The maximum atomic E-state index is 11.7. The zero-order valence-electron chi connectivity index (χ0n) is 17.2. The van der Waals surface area contributed by atoms with Crippen molar-refractivity contribution >= 4 is 23.7 Å². The first-order valence-electron chi connectivity index (χ1n) is 9.41. The normalized spacial score (nSPS) is 12.2. The lowest BCUT2D eigenvalue weighted by atomic mass is 9.99. The van der Waals surface area contributed by atoms with E-state index in [2.05, 4.69) is 0 Å². The summed E-state index contributed by atoms with van der Waals surface area (Å²) in [5.74, 6) is 1.59. The van der Waals surface area contributed by atoms with Gasteiger partial charge < -0.3 is 23.7 Å². The van der Waals surface area contributed by atoms with Crippen molar-refractivity contribution in [3.8, 4) is 28.4 Å². The predicted octanol–water partition coefficient (Wildman–Crippen LogP) is 3.72. The van der Waals surface area contributed by atoms with Gasteiger partial charge in [-0.2, -0.15) is 11.8 Å². The van der Waals surface area contributed by atoms with E-state index in [1.165, 1.54) is 7.11 Å². The van der Waals surface area contributed by atoms with Gasteiger partial charge in [0.05, 0.1) is 26.2 Å². The third-order valence-corrected chi connectivity index (χ3v) is 5.21. The summed E-state index contributed by atoms with van der Waals surface area (Å²) in [6.07, 6.45) is 2.30. The first-order valence-corrected chi connectivity index (χ1v) is 10.8. The highest BCUT2D eigenvalue weighted by Gasteiger charge is 2.23. The molecule has 2 aromatic carbocycles. The van der Waals surface area contributed by atoms with Crippen LogP contribution >= 0.6 is 11.8 Å². The van der Waals surface area contributed by atoms with Gasteiger partial charge in [0.1, 0.15) is 19.8 Å². The first kappa shape index (κ1) is 21.8. The van der Waals surface area contributed by atoms with Crippen LogP contribution in [-0.2, 0) is 20.9 Å². The molecule has 1 aliphatic heterocycles. The van der Waals surface area contributed by atoms with Crippen LogP contribution in [0.3, 0.4) is 0 Å². The summed E-state index contributed by atoms with van der Waals surface area (Å²) in [4.78, 5) is 23.4. The number of methoxy groups -OCH3 is 2. The van der Waals surface area contributed by atoms with Gasteiger partial charge >= 0.3 is 11.9 Å². The van der Waals surface area contributed by atoms with Crippen molar-refractivity contribution in [2.24, 2.45) is 0 Å². The van der Waals surface area contributed by atoms with Gasteiger partial charge in [-0.15, -0.1) is 0 Å². The smallest absolute Gasteiger partial charge is 0.338 e. The molecule has 0 saturated heterocycles. The van der Waals surface area contributed by atoms with Crippen molar-refractivity contribution in [2.75, 3.05) is 39.4 Å². The van der Waals surface area contributed by atoms with Crippen molar-refractivity contribution < 1.29 is 33.3 Å². The quantitative estimate of drug-likeness (QED) is 0.415. The predicted molar refractivity (Wildman–Crippen MR) is 114 cm³/mol. The summed E-state index contributed by atoms with van der Waals surface area (Å²) in [7, 11) is 3.08. The number of ether oxygens (including phenoxy) is 5. The zero-order chi connectivity index (χ0) is 21.5. The molecule has 0 aliphatic carbocycles. The first-order chi connectivity index (χ1) is 14.6. The molecule has 0 radical (unpaired) electrons. The van der Waals surface area contributed by atoms with E-state index >= 15 is 0 Å². The van der Waals surface area contributed by atoms with Gasteiger partial charge in [0.2, 0.25) is 5.75 Å². The average Bonchev–Trinajstić information content (AvgIpc) is 3.14. The zero-order valence-corrected chi connectivity index (χ0v) is 18.0. The largest absolute Gasteiger partial charge is 0.493 e. The Labute approximate surface area is 179 Å². The number of fused-ring (bicyclic) bond motifs is 1. The fourth-order valence-corrected chi connectivity index (χ4v) is 3.50. The Bertz CT molecular complexity index is 926. The Hall–Kier alpha value is -2.87. The molecular weight excluding hydrogens is 408 g/mol. The molecule has 0 bridgehead atoms. The van der Waals surface area contributed by atoms with Crippen LogP contribution in [0.1, 0.15) is 22.3 Å². The minimum Gasteiger partial charge on any atom is -0.493 e. The number of rotatable bonds is 10. The molecule has 0 spiro atoms. The van der Waals surface area contributed by atoms with E-state index in [0.717, 1.165) is 22.4 Å². The second-order valence-electron chi connectivity index (χ2n) is 6.44. The van der Waals surface area contributed by atoms with E-state index < -0.39 is 0 Å². The number of hydrogen-bond donors (Lipinski definition) is 0. The van der Waals surface area contributed by atoms with Gasteiger partial charge in [-0.3, -0.25) is 4.79 Å². The number of esters is 2. The Morgan fingerprint density at radius 1 is 1.07 bits per heavy atom. The van der Waals surface area contributed by atoms with Crippen LogP contribution in [0.15, 0.2) is 30.3 Å². The van der Waals surface area contributed by atoms with Crippen LogP contribution in [0.25, 0.3) is 11.1 Å². The maximum Gasteiger partial charge on any atom is 0.338 e. The minimum atomic E-state index is -0.316. The van der Waals surface area contributed by atoms with Gasteiger partial charge in [0, 0.05) is 16.9 Å². The van der Waals surface area contributed by atoms with Crippen molar-refractivity contribution in [1.29, 1.82) is 0 Å². The number of hydrogen-bond acceptors (Lipinski definition) is 8. The summed E-state index contributed by atoms with van der Waals surface area (Å²) >= 11 is 1.59. The summed E-state index contributed by atoms with van der Waals surface area (Å²) in [6, 6.07) is 9.13. The fourth-order valence-electron chi connectivity index (χ4n) is 3.13. The molecule has 0 saturated carbocycles. The molecule has 1 aliphatic rings. The molecule has 0 aromatic heterocycles. The van der Waals surface area contributed by atoms with Crippen LogP contribution in [-0.4, -0.2) is 51.4 Å². The van der Waals surface area contributed by atoms with Gasteiger partial charge in [0.25, 0.3) is 0 Å². The summed E-state index contributed by atoms with van der Waals surface area (Å²) in [5.41, 5.74) is 3.00. The van der Waals surface area contributed by atoms with E-state index in [4.69, 9.17) is 23.7 Å². The molecule has 0 atom stereocenters. The molecule has 0 fully saturated rings. The van der Waals surface area contributed by atoms with Crippen molar-refractivity contribution in [2.45, 2.75) is 13.0 Å². The maximum absolute atomic E-state index is 11.7. The molecule has 0 unspecified atom stereocenters. The van der Waals surface area contributed by atoms with Crippen LogP contribution in [0, 0.1) is 0 Å². The minimum absolute atomic E-state index is 0.125. The van der Waals surface area contributed by atoms with Gasteiger partial charge in [-0.25, -0.2) is 4.79 Å². The molecule has 0 N–H and O–H groups in total. The third-order valence-electron chi connectivity index (χ3n) is 4.60. The number of thioether (sulfide) groups is 1. The number of cyclic esters (lactones) is 1. The number of benzene rings is 2. The highest BCUT2D eigenvalue weighted by atomic mass is 32.2. The van der Waals surface area contributed by atoms with Crippen LogP contribution in [0.4, 0.5) is 0 Å². The fraction of sp³-hybridized carbons (Fsp3) is 0.364. The highest BCUT2D eigenvalue weighted by molar-refractivity contribution is 7.98. The molecule has 1 heterocycles. The van der Waals surface area contributed by atoms with Crippen molar-refractivity contribution in [3.63, 3.8) is 0 Å². The molecule has 30 heavy (non-hydrogen) atoms. The third kappa shape index (κ3) is 4.81. The second kappa shape index (κ2) is 10.2. The lowest BCUT2D eigenvalue weighted by Gasteiger charge is -2.18. The van der Waals surface area contributed by atoms with Crippen LogP contribution in [0.5, 0.6) is 17.2 Å². The molecule has 7 nitrogen and oxygen atoms in total. The molecule has 3 rings (SSSR count). The summed E-state index contributed by atoms with van der Waals surface area (Å²) in [6.45, 7) is 0.533. The van der Waals surface area contributed by atoms with Gasteiger partial charge in [-0.1, -0.05) is 6.07 Å². The Morgan fingerprint density at radius 3 is 2.60 bits per heavy atom. The highest BCUT2D eigenvalue weighted by Crippen LogP contribution is 2.45.